The molecule has 0 unspecified atom stereocenters. The molecule has 0 fully saturated rings. The van der Waals surface area contributed by atoms with Crippen LogP contribution in [0.25, 0.3) is 0 Å². The summed E-state index contributed by atoms with van der Waals surface area (Å²) in [6, 6.07) is 4.82. The Morgan fingerprint density at radius 3 is 2.47 bits per heavy atom. The molecule has 0 aliphatic rings. The van der Waals surface area contributed by atoms with Gasteiger partial charge in [0.1, 0.15) is 5.75 Å². The smallest absolute Gasteiger partial charge is 0.193 e. The largest absolute Gasteiger partial charge is 0.507 e. The first-order chi connectivity index (χ1) is 7.83. The monoisotopic (exact) mass is 236 g/mol. The number of allylic oxidation sites excluding steroid dienone is 2. The van der Waals surface area contributed by atoms with Crippen molar-refractivity contribution in [2.24, 2.45) is 0 Å². The van der Waals surface area contributed by atoms with Crippen LogP contribution in [0.3, 0.4) is 0 Å². The van der Waals surface area contributed by atoms with Gasteiger partial charge in [0.25, 0.3) is 0 Å². The summed E-state index contributed by atoms with van der Waals surface area (Å²) in [7, 11) is 0. The molecule has 0 atom stereocenters. The standard InChI is InChI=1S/C14H20O3/c1-10(2)5-4-8-14(16,17)12-7-6-11(3)9-13(12)15/h5-7,9,15-17H,4,8H2,1-3H3. The molecule has 0 aliphatic carbocycles. The first-order valence-corrected chi connectivity index (χ1v) is 5.71. The summed E-state index contributed by atoms with van der Waals surface area (Å²) in [5.74, 6) is -2.06. The Balaban J connectivity index is 2.85. The molecule has 0 aliphatic heterocycles. The van der Waals surface area contributed by atoms with Crippen molar-refractivity contribution < 1.29 is 15.3 Å². The number of phenols is 1. The zero-order valence-electron chi connectivity index (χ0n) is 10.6. The number of aliphatic hydroxyl groups is 2. The lowest BCUT2D eigenvalue weighted by Gasteiger charge is -2.22. The number of benzene rings is 1. The van der Waals surface area contributed by atoms with E-state index in [9.17, 15) is 15.3 Å². The molecule has 0 aromatic heterocycles. The van der Waals surface area contributed by atoms with Crippen LogP contribution in [0.1, 0.15) is 37.8 Å². The topological polar surface area (TPSA) is 60.7 Å². The maximum absolute atomic E-state index is 9.94. The predicted octanol–water partition coefficient (Wildman–Crippen LogP) is 2.58. The van der Waals surface area contributed by atoms with Crippen LogP contribution in [0.5, 0.6) is 5.75 Å². The minimum Gasteiger partial charge on any atom is -0.507 e. The van der Waals surface area contributed by atoms with Gasteiger partial charge in [-0.3, -0.25) is 0 Å². The zero-order chi connectivity index (χ0) is 13.1. The summed E-state index contributed by atoms with van der Waals surface area (Å²) in [5.41, 5.74) is 2.17. The minimum absolute atomic E-state index is 0.0767. The molecule has 0 heterocycles. The lowest BCUT2D eigenvalue weighted by Crippen LogP contribution is -2.24. The second-order valence-corrected chi connectivity index (χ2v) is 4.66. The van der Waals surface area contributed by atoms with E-state index >= 15 is 0 Å². The molecular formula is C14H20O3. The Kier molecular flexibility index (Phi) is 4.32. The van der Waals surface area contributed by atoms with Crippen molar-refractivity contribution in [3.8, 4) is 5.75 Å². The van der Waals surface area contributed by atoms with Gasteiger partial charge in [0, 0.05) is 6.42 Å². The molecule has 0 saturated carbocycles. The second-order valence-electron chi connectivity index (χ2n) is 4.66. The van der Waals surface area contributed by atoms with Crippen LogP contribution in [0.4, 0.5) is 0 Å². The van der Waals surface area contributed by atoms with Crippen LogP contribution >= 0.6 is 0 Å². The van der Waals surface area contributed by atoms with Crippen molar-refractivity contribution in [2.45, 2.75) is 39.4 Å². The van der Waals surface area contributed by atoms with Gasteiger partial charge >= 0.3 is 0 Å². The third-order valence-corrected chi connectivity index (χ3v) is 2.63. The fourth-order valence-electron chi connectivity index (χ4n) is 1.68. The lowest BCUT2D eigenvalue weighted by atomic mass is 9.98. The maximum atomic E-state index is 9.94. The quantitative estimate of drug-likeness (QED) is 0.556. The molecule has 0 radical (unpaired) electrons. The maximum Gasteiger partial charge on any atom is 0.193 e. The van der Waals surface area contributed by atoms with Gasteiger partial charge in [-0.2, -0.15) is 0 Å². The van der Waals surface area contributed by atoms with Crippen molar-refractivity contribution in [1.82, 2.24) is 0 Å². The summed E-state index contributed by atoms with van der Waals surface area (Å²) in [6.45, 7) is 5.75. The first-order valence-electron chi connectivity index (χ1n) is 5.71. The molecule has 0 amide bonds. The van der Waals surface area contributed by atoms with Crippen molar-refractivity contribution in [1.29, 1.82) is 0 Å². The zero-order valence-corrected chi connectivity index (χ0v) is 10.6. The number of hydrogen-bond donors (Lipinski definition) is 3. The highest BCUT2D eigenvalue weighted by Gasteiger charge is 2.27. The first kappa shape index (κ1) is 13.7. The van der Waals surface area contributed by atoms with Gasteiger partial charge in [-0.15, -0.1) is 0 Å². The van der Waals surface area contributed by atoms with E-state index in [2.05, 4.69) is 0 Å². The highest BCUT2D eigenvalue weighted by molar-refractivity contribution is 5.38. The van der Waals surface area contributed by atoms with Crippen molar-refractivity contribution >= 4 is 0 Å². The SMILES string of the molecule is CC(C)=CCCC(O)(O)c1ccc(C)cc1O. The molecule has 1 aromatic rings. The van der Waals surface area contributed by atoms with E-state index < -0.39 is 5.79 Å². The van der Waals surface area contributed by atoms with E-state index in [1.54, 1.807) is 12.1 Å². The Morgan fingerprint density at radius 2 is 1.94 bits per heavy atom. The van der Waals surface area contributed by atoms with Crippen LogP contribution in [0.2, 0.25) is 0 Å². The number of phenolic OH excluding ortho intramolecular Hbond substituents is 1. The molecule has 0 spiro atoms. The fourth-order valence-corrected chi connectivity index (χ4v) is 1.68. The van der Waals surface area contributed by atoms with Gasteiger partial charge in [-0.05, 0) is 44.9 Å². The van der Waals surface area contributed by atoms with E-state index in [4.69, 9.17) is 0 Å². The normalized spacial score (nSPS) is 11.4. The molecule has 3 N–H and O–H groups in total. The van der Waals surface area contributed by atoms with Crippen LogP contribution < -0.4 is 0 Å². The van der Waals surface area contributed by atoms with Crippen LogP contribution in [-0.2, 0) is 5.79 Å². The third kappa shape index (κ3) is 3.88. The molecule has 3 heteroatoms. The number of aromatic hydroxyl groups is 1. The Labute approximate surface area is 102 Å². The molecule has 94 valence electrons. The Morgan fingerprint density at radius 1 is 1.29 bits per heavy atom. The van der Waals surface area contributed by atoms with E-state index in [1.807, 2.05) is 26.8 Å². The summed E-state index contributed by atoms with van der Waals surface area (Å²) in [5, 5.41) is 29.6. The molecular weight excluding hydrogens is 216 g/mol. The van der Waals surface area contributed by atoms with Crippen molar-refractivity contribution in [3.63, 3.8) is 0 Å². The summed E-state index contributed by atoms with van der Waals surface area (Å²) in [6.07, 6.45) is 2.66. The molecule has 3 nitrogen and oxygen atoms in total. The van der Waals surface area contributed by atoms with E-state index in [1.165, 1.54) is 6.07 Å². The van der Waals surface area contributed by atoms with E-state index in [0.717, 1.165) is 11.1 Å². The average molecular weight is 236 g/mol. The van der Waals surface area contributed by atoms with Crippen molar-refractivity contribution in [2.75, 3.05) is 0 Å². The number of aryl methyl sites for hydroxylation is 1. The second kappa shape index (κ2) is 5.34. The highest BCUT2D eigenvalue weighted by atomic mass is 16.5. The fraction of sp³-hybridized carbons (Fsp3) is 0.429. The van der Waals surface area contributed by atoms with Crippen molar-refractivity contribution in [3.05, 3.63) is 41.0 Å². The van der Waals surface area contributed by atoms with E-state index in [-0.39, 0.29) is 17.7 Å². The van der Waals surface area contributed by atoms with Gasteiger partial charge in [0.05, 0.1) is 5.56 Å². The van der Waals surface area contributed by atoms with Gasteiger partial charge in [0.15, 0.2) is 5.79 Å². The number of hydrogen-bond acceptors (Lipinski definition) is 3. The van der Waals surface area contributed by atoms with Crippen LogP contribution in [0.15, 0.2) is 29.8 Å². The number of rotatable bonds is 4. The molecule has 1 aromatic carbocycles. The van der Waals surface area contributed by atoms with Crippen LogP contribution in [0, 0.1) is 6.92 Å². The van der Waals surface area contributed by atoms with Crippen LogP contribution in [-0.4, -0.2) is 15.3 Å². The minimum atomic E-state index is -1.98. The van der Waals surface area contributed by atoms with Gasteiger partial charge < -0.3 is 15.3 Å². The molecule has 1 rings (SSSR count). The molecule has 0 bridgehead atoms. The summed E-state index contributed by atoms with van der Waals surface area (Å²) in [4.78, 5) is 0. The highest BCUT2D eigenvalue weighted by Crippen LogP contribution is 2.31. The predicted molar refractivity (Wildman–Crippen MR) is 67.6 cm³/mol. The Bertz CT molecular complexity index is 415. The van der Waals surface area contributed by atoms with Gasteiger partial charge in [-0.1, -0.05) is 17.7 Å². The van der Waals surface area contributed by atoms with Gasteiger partial charge in [-0.25, -0.2) is 0 Å². The summed E-state index contributed by atoms with van der Waals surface area (Å²) >= 11 is 0. The van der Waals surface area contributed by atoms with Gasteiger partial charge in [0.2, 0.25) is 0 Å². The summed E-state index contributed by atoms with van der Waals surface area (Å²) < 4.78 is 0. The third-order valence-electron chi connectivity index (χ3n) is 2.63. The molecule has 0 saturated heterocycles. The lowest BCUT2D eigenvalue weighted by molar-refractivity contribution is -0.174. The Hall–Kier alpha value is -1.32. The molecule has 17 heavy (non-hydrogen) atoms. The van der Waals surface area contributed by atoms with E-state index in [0.29, 0.717) is 6.42 Å². The average Bonchev–Trinajstić information content (AvgIpc) is 2.15.